The molecule has 0 saturated carbocycles. The van der Waals surface area contributed by atoms with E-state index in [9.17, 15) is 4.79 Å². The van der Waals surface area contributed by atoms with Crippen LogP contribution in [0.5, 0.6) is 0 Å². The summed E-state index contributed by atoms with van der Waals surface area (Å²) in [6.45, 7) is 6.07. The van der Waals surface area contributed by atoms with Crippen molar-refractivity contribution < 1.29 is 4.79 Å². The molecule has 0 aliphatic carbocycles. The number of hydrogen-bond acceptors (Lipinski definition) is 2. The van der Waals surface area contributed by atoms with E-state index in [2.05, 4.69) is 13.8 Å². The van der Waals surface area contributed by atoms with Crippen LogP contribution < -0.4 is 5.73 Å². The highest BCUT2D eigenvalue weighted by Crippen LogP contribution is 2.23. The second-order valence-electron chi connectivity index (χ2n) is 5.58. The van der Waals surface area contributed by atoms with Gasteiger partial charge in [-0.2, -0.15) is 0 Å². The predicted molar refractivity (Wildman–Crippen MR) is 80.1 cm³/mol. The molecule has 3 unspecified atom stereocenters. The molecule has 3 nitrogen and oxygen atoms in total. The van der Waals surface area contributed by atoms with Gasteiger partial charge in [0.1, 0.15) is 6.04 Å². The molecule has 4 heteroatoms. The summed E-state index contributed by atoms with van der Waals surface area (Å²) in [5.41, 5.74) is 6.97. The lowest BCUT2D eigenvalue weighted by atomic mass is 9.91. The third kappa shape index (κ3) is 3.95. The first-order valence-corrected chi connectivity index (χ1v) is 6.67. The van der Waals surface area contributed by atoms with E-state index < -0.39 is 6.04 Å². The molecule has 1 aliphatic rings. The topological polar surface area (TPSA) is 46.3 Å². The van der Waals surface area contributed by atoms with Gasteiger partial charge >= 0.3 is 0 Å². The van der Waals surface area contributed by atoms with E-state index in [-0.39, 0.29) is 18.3 Å². The Labute approximate surface area is 121 Å². The molecule has 1 heterocycles. The highest BCUT2D eigenvalue weighted by molar-refractivity contribution is 5.85. The summed E-state index contributed by atoms with van der Waals surface area (Å²) in [5, 5.41) is 0. The van der Waals surface area contributed by atoms with E-state index in [0.29, 0.717) is 11.8 Å². The van der Waals surface area contributed by atoms with Crippen LogP contribution in [0.2, 0.25) is 0 Å². The molecule has 3 atom stereocenters. The monoisotopic (exact) mass is 282 g/mol. The van der Waals surface area contributed by atoms with Crippen LogP contribution >= 0.6 is 12.4 Å². The minimum absolute atomic E-state index is 0. The number of amides is 1. The van der Waals surface area contributed by atoms with Crippen LogP contribution in [0.25, 0.3) is 0 Å². The van der Waals surface area contributed by atoms with Crippen LogP contribution in [-0.4, -0.2) is 23.9 Å². The molecule has 0 radical (unpaired) electrons. The summed E-state index contributed by atoms with van der Waals surface area (Å²) in [5.74, 6) is 1.20. The minimum Gasteiger partial charge on any atom is -0.341 e. The van der Waals surface area contributed by atoms with Gasteiger partial charge in [-0.15, -0.1) is 12.4 Å². The zero-order chi connectivity index (χ0) is 13.1. The Morgan fingerprint density at radius 1 is 1.21 bits per heavy atom. The van der Waals surface area contributed by atoms with Gasteiger partial charge in [0, 0.05) is 13.1 Å². The van der Waals surface area contributed by atoms with Crippen molar-refractivity contribution in [1.29, 1.82) is 0 Å². The molecular formula is C15H23ClN2O. The number of rotatable bonds is 2. The summed E-state index contributed by atoms with van der Waals surface area (Å²) in [6, 6.07) is 9.09. The van der Waals surface area contributed by atoms with Crippen molar-refractivity contribution in [2.45, 2.75) is 26.3 Å². The first-order chi connectivity index (χ1) is 8.58. The van der Waals surface area contributed by atoms with Gasteiger partial charge in [-0.3, -0.25) is 4.79 Å². The lowest BCUT2D eigenvalue weighted by Crippen LogP contribution is -2.46. The fourth-order valence-corrected chi connectivity index (χ4v) is 2.84. The number of piperidine rings is 1. The minimum atomic E-state index is -0.524. The molecule has 1 saturated heterocycles. The van der Waals surface area contributed by atoms with Crippen molar-refractivity contribution >= 4 is 18.3 Å². The van der Waals surface area contributed by atoms with Crippen LogP contribution in [0.3, 0.4) is 0 Å². The van der Waals surface area contributed by atoms with Gasteiger partial charge in [-0.25, -0.2) is 0 Å². The van der Waals surface area contributed by atoms with Crippen LogP contribution in [0.15, 0.2) is 30.3 Å². The Morgan fingerprint density at radius 2 is 1.74 bits per heavy atom. The maximum atomic E-state index is 12.4. The van der Waals surface area contributed by atoms with Gasteiger partial charge in [-0.1, -0.05) is 44.2 Å². The Hall–Kier alpha value is -1.06. The number of halogens is 1. The smallest absolute Gasteiger partial charge is 0.244 e. The molecule has 0 spiro atoms. The van der Waals surface area contributed by atoms with E-state index >= 15 is 0 Å². The molecule has 1 aromatic carbocycles. The standard InChI is InChI=1S/C15H22N2O.ClH/c1-11-8-12(2)10-17(9-11)15(18)14(16)13-6-4-3-5-7-13;/h3-7,11-12,14H,8-10,16H2,1-2H3;1H. The largest absolute Gasteiger partial charge is 0.341 e. The van der Waals surface area contributed by atoms with E-state index in [0.717, 1.165) is 18.7 Å². The van der Waals surface area contributed by atoms with Crippen molar-refractivity contribution in [3.63, 3.8) is 0 Å². The first-order valence-electron chi connectivity index (χ1n) is 6.67. The fourth-order valence-electron chi connectivity index (χ4n) is 2.84. The van der Waals surface area contributed by atoms with Gasteiger partial charge < -0.3 is 10.6 Å². The maximum Gasteiger partial charge on any atom is 0.244 e. The van der Waals surface area contributed by atoms with E-state index in [1.807, 2.05) is 35.2 Å². The second kappa shape index (κ2) is 6.92. The molecule has 106 valence electrons. The van der Waals surface area contributed by atoms with Crippen LogP contribution in [0, 0.1) is 11.8 Å². The summed E-state index contributed by atoms with van der Waals surface area (Å²) < 4.78 is 0. The molecule has 0 bridgehead atoms. The van der Waals surface area contributed by atoms with Crippen molar-refractivity contribution in [2.24, 2.45) is 17.6 Å². The number of likely N-dealkylation sites (tertiary alicyclic amines) is 1. The first kappa shape index (κ1) is 16.0. The van der Waals surface area contributed by atoms with Crippen molar-refractivity contribution in [3.05, 3.63) is 35.9 Å². The van der Waals surface area contributed by atoms with Gasteiger partial charge in [0.15, 0.2) is 0 Å². The normalized spacial score (nSPS) is 24.5. The number of nitrogens with two attached hydrogens (primary N) is 1. The highest BCUT2D eigenvalue weighted by Gasteiger charge is 2.28. The average Bonchev–Trinajstić information content (AvgIpc) is 2.37. The van der Waals surface area contributed by atoms with Gasteiger partial charge in [0.2, 0.25) is 5.91 Å². The van der Waals surface area contributed by atoms with Gasteiger partial charge in [-0.05, 0) is 23.8 Å². The third-order valence-corrected chi connectivity index (χ3v) is 3.61. The predicted octanol–water partition coefficient (Wildman–Crippen LogP) is 2.61. The number of nitrogens with zero attached hydrogens (tertiary/aromatic N) is 1. The van der Waals surface area contributed by atoms with Gasteiger partial charge in [0.25, 0.3) is 0 Å². The van der Waals surface area contributed by atoms with E-state index in [1.54, 1.807) is 0 Å². The van der Waals surface area contributed by atoms with Crippen molar-refractivity contribution in [1.82, 2.24) is 4.90 Å². The summed E-state index contributed by atoms with van der Waals surface area (Å²) >= 11 is 0. The van der Waals surface area contributed by atoms with Crippen LogP contribution in [0.1, 0.15) is 31.9 Å². The second-order valence-corrected chi connectivity index (χ2v) is 5.58. The Bertz CT molecular complexity index is 400. The molecule has 1 fully saturated rings. The summed E-state index contributed by atoms with van der Waals surface area (Å²) in [6.07, 6.45) is 1.20. The Kier molecular flexibility index (Phi) is 5.83. The molecule has 0 aromatic heterocycles. The molecular weight excluding hydrogens is 260 g/mol. The lowest BCUT2D eigenvalue weighted by molar-refractivity contribution is -0.135. The number of hydrogen-bond donors (Lipinski definition) is 1. The third-order valence-electron chi connectivity index (χ3n) is 3.61. The molecule has 1 aromatic rings. The Morgan fingerprint density at radius 3 is 2.26 bits per heavy atom. The molecule has 1 aliphatic heterocycles. The quantitative estimate of drug-likeness (QED) is 0.906. The highest BCUT2D eigenvalue weighted by atomic mass is 35.5. The number of carbonyl (C=O) groups excluding carboxylic acids is 1. The van der Waals surface area contributed by atoms with Crippen LogP contribution in [0.4, 0.5) is 0 Å². The van der Waals surface area contributed by atoms with Crippen molar-refractivity contribution in [3.8, 4) is 0 Å². The van der Waals surface area contributed by atoms with E-state index in [1.165, 1.54) is 6.42 Å². The summed E-state index contributed by atoms with van der Waals surface area (Å²) in [4.78, 5) is 14.3. The number of carbonyl (C=O) groups is 1. The average molecular weight is 283 g/mol. The Balaban J connectivity index is 0.00000180. The van der Waals surface area contributed by atoms with Gasteiger partial charge in [0.05, 0.1) is 0 Å². The zero-order valence-corrected chi connectivity index (χ0v) is 12.4. The number of benzene rings is 1. The van der Waals surface area contributed by atoms with E-state index in [4.69, 9.17) is 5.73 Å². The molecule has 1 amide bonds. The molecule has 2 rings (SSSR count). The molecule has 19 heavy (non-hydrogen) atoms. The maximum absolute atomic E-state index is 12.4. The summed E-state index contributed by atoms with van der Waals surface area (Å²) in [7, 11) is 0. The zero-order valence-electron chi connectivity index (χ0n) is 11.6. The fraction of sp³-hybridized carbons (Fsp3) is 0.533. The van der Waals surface area contributed by atoms with Crippen molar-refractivity contribution in [2.75, 3.05) is 13.1 Å². The lowest BCUT2D eigenvalue weighted by Gasteiger charge is -2.36. The SMILES string of the molecule is CC1CC(C)CN(C(=O)C(N)c2ccccc2)C1.Cl. The van der Waals surface area contributed by atoms with Crippen LogP contribution in [-0.2, 0) is 4.79 Å². The molecule has 2 N–H and O–H groups in total.